The van der Waals surface area contributed by atoms with Gasteiger partial charge in [0.1, 0.15) is 13.2 Å². The van der Waals surface area contributed by atoms with Crippen LogP contribution in [0.4, 0.5) is 0 Å². The molecule has 328 valence electrons. The number of amides is 1. The average Bonchev–Trinajstić information content (AvgIpc) is 3.17. The molecular weight excluding hydrogens is 744 g/mol. The Kier molecular flexibility index (Phi) is 37.3. The zero-order valence-corrected chi connectivity index (χ0v) is 37.9. The fourth-order valence-corrected chi connectivity index (χ4v) is 5.93. The highest BCUT2D eigenvalue weighted by Crippen LogP contribution is 2.43. The zero-order chi connectivity index (χ0) is 42.8. The number of carbonyl (C=O) groups excluding carboxylic acids is 1. The Balaban J connectivity index is 4.27. The fraction of sp³-hybridized carbons (Fsp3) is 0.571. The summed E-state index contributed by atoms with van der Waals surface area (Å²) in [4.78, 5) is 23.0. The molecule has 0 heterocycles. The second kappa shape index (κ2) is 39.4. The number of likely N-dealkylation sites (N-methyl/N-ethyl adjacent to an activating group) is 1. The second-order valence-corrected chi connectivity index (χ2v) is 16.8. The van der Waals surface area contributed by atoms with Gasteiger partial charge in [0.2, 0.25) is 5.91 Å². The number of phosphoric ester groups is 1. The maximum atomic E-state index is 12.8. The monoisotopic (exact) mass is 826 g/mol. The first kappa shape index (κ1) is 54.9. The highest BCUT2D eigenvalue weighted by Gasteiger charge is 2.27. The lowest BCUT2D eigenvalue weighted by molar-refractivity contribution is -0.870. The maximum Gasteiger partial charge on any atom is 0.472 e. The van der Waals surface area contributed by atoms with Crippen molar-refractivity contribution in [3.05, 3.63) is 122 Å². The summed E-state index contributed by atoms with van der Waals surface area (Å²) < 4.78 is 23.4. The summed E-state index contributed by atoms with van der Waals surface area (Å²) in [7, 11) is 1.51. The molecule has 3 N–H and O–H groups in total. The van der Waals surface area contributed by atoms with Crippen molar-refractivity contribution in [3.63, 3.8) is 0 Å². The summed E-state index contributed by atoms with van der Waals surface area (Å²) in [6, 6.07) is -0.883. The third kappa shape index (κ3) is 41.1. The summed E-state index contributed by atoms with van der Waals surface area (Å²) in [5.41, 5.74) is 0. The standard InChI is InChI=1S/C49H81N2O6P/c1-6-8-10-12-14-15-16-17-18-19-20-21-22-23-24-25-26-27-28-29-30-31-32-33-34-35-37-39-41-43-49(53)50-47(48(52)42-40-38-36-13-11-9-7-2)46-57-58(54,55)56-45-44-51(3,4)5/h8,10-11,13-15,17-18,20-21,23-24,26-27,29-30,32-33,40,42,47-48,52H,6-7,9,12,16,19,22,25,28,31,34-39,41,43-46H2,1-5H3,(H-,50,53,54,55)/p+1/b10-8-,13-11+,15-14-,18-17-,21-20-,24-23-,27-26-,30-29-,33-32-,42-40+. The molecule has 0 radical (unpaired) electrons. The van der Waals surface area contributed by atoms with Crippen LogP contribution in [0, 0.1) is 0 Å². The number of rotatable bonds is 37. The molecule has 0 aromatic rings. The van der Waals surface area contributed by atoms with Crippen molar-refractivity contribution in [1.29, 1.82) is 0 Å². The number of nitrogens with one attached hydrogen (secondary N) is 1. The molecule has 0 aliphatic carbocycles. The van der Waals surface area contributed by atoms with Gasteiger partial charge in [-0.15, -0.1) is 0 Å². The summed E-state index contributed by atoms with van der Waals surface area (Å²) in [6.07, 6.45) is 58.8. The number of hydrogen-bond acceptors (Lipinski definition) is 5. The van der Waals surface area contributed by atoms with E-state index in [1.807, 2.05) is 27.2 Å². The Morgan fingerprint density at radius 3 is 1.55 bits per heavy atom. The van der Waals surface area contributed by atoms with Crippen LogP contribution in [0.15, 0.2) is 122 Å². The SMILES string of the molecule is CC/C=C\C/C=C\C/C=C\C/C=C\C/C=C\C/C=C\C/C=C\C/C=C\CCCCCCC(=O)NC(COP(=O)(O)OCC[N+](C)(C)C)C(O)/C=C/CC/C=C/CCC. The molecule has 9 heteroatoms. The summed E-state index contributed by atoms with van der Waals surface area (Å²) in [6.45, 7) is 4.50. The number of hydrogen-bond donors (Lipinski definition) is 3. The quantitative estimate of drug-likeness (QED) is 0.0249. The van der Waals surface area contributed by atoms with Gasteiger partial charge in [-0.2, -0.15) is 0 Å². The van der Waals surface area contributed by atoms with Gasteiger partial charge in [-0.05, 0) is 89.9 Å². The van der Waals surface area contributed by atoms with E-state index >= 15 is 0 Å². The lowest BCUT2D eigenvalue weighted by atomic mass is 10.1. The van der Waals surface area contributed by atoms with E-state index in [1.54, 1.807) is 6.08 Å². The molecule has 0 bridgehead atoms. The van der Waals surface area contributed by atoms with Crippen molar-refractivity contribution in [2.24, 2.45) is 0 Å². The van der Waals surface area contributed by atoms with E-state index < -0.39 is 20.0 Å². The molecule has 0 aliphatic rings. The largest absolute Gasteiger partial charge is 0.472 e. The van der Waals surface area contributed by atoms with Gasteiger partial charge in [0.25, 0.3) is 0 Å². The number of nitrogens with zero attached hydrogens (tertiary/aromatic N) is 1. The molecule has 0 fully saturated rings. The summed E-state index contributed by atoms with van der Waals surface area (Å²) in [5, 5.41) is 13.6. The molecule has 8 nitrogen and oxygen atoms in total. The van der Waals surface area contributed by atoms with Gasteiger partial charge >= 0.3 is 7.82 Å². The number of allylic oxidation sites excluding steroid dienone is 19. The Hall–Kier alpha value is -3.10. The number of unbranched alkanes of at least 4 members (excludes halogenated alkanes) is 6. The van der Waals surface area contributed by atoms with Crippen molar-refractivity contribution in [3.8, 4) is 0 Å². The van der Waals surface area contributed by atoms with Gasteiger partial charge in [0.15, 0.2) is 0 Å². The molecule has 0 aliphatic heterocycles. The third-order valence-electron chi connectivity index (χ3n) is 8.65. The number of phosphoric acid groups is 1. The van der Waals surface area contributed by atoms with E-state index in [2.05, 4.69) is 129 Å². The molecule has 3 atom stereocenters. The van der Waals surface area contributed by atoms with Crippen LogP contribution in [0.5, 0.6) is 0 Å². The number of aliphatic hydroxyl groups is 1. The van der Waals surface area contributed by atoms with Gasteiger partial charge in [0.05, 0.1) is 39.9 Å². The first-order chi connectivity index (χ1) is 28.0. The Morgan fingerprint density at radius 2 is 1.05 bits per heavy atom. The minimum absolute atomic E-state index is 0.0425. The van der Waals surface area contributed by atoms with E-state index in [9.17, 15) is 19.4 Å². The molecule has 0 rings (SSSR count). The molecular formula is C49H82N2O6P+. The predicted octanol–water partition coefficient (Wildman–Crippen LogP) is 12.3. The van der Waals surface area contributed by atoms with Gasteiger partial charge in [-0.25, -0.2) is 4.57 Å². The van der Waals surface area contributed by atoms with E-state index in [-0.39, 0.29) is 19.1 Å². The van der Waals surface area contributed by atoms with E-state index in [0.29, 0.717) is 17.4 Å². The van der Waals surface area contributed by atoms with Crippen LogP contribution in [-0.4, -0.2) is 73.4 Å². The lowest BCUT2D eigenvalue weighted by Crippen LogP contribution is -2.45. The third-order valence-corrected chi connectivity index (χ3v) is 9.63. The lowest BCUT2D eigenvalue weighted by Gasteiger charge is -2.25. The molecule has 0 saturated carbocycles. The van der Waals surface area contributed by atoms with E-state index in [4.69, 9.17) is 9.05 Å². The van der Waals surface area contributed by atoms with Crippen molar-refractivity contribution in [2.75, 3.05) is 40.9 Å². The van der Waals surface area contributed by atoms with Crippen LogP contribution >= 0.6 is 7.82 Å². The minimum atomic E-state index is -4.35. The predicted molar refractivity (Wildman–Crippen MR) is 248 cm³/mol. The molecule has 0 saturated heterocycles. The molecule has 0 aromatic heterocycles. The number of aliphatic hydroxyl groups excluding tert-OH is 1. The smallest absolute Gasteiger partial charge is 0.387 e. The van der Waals surface area contributed by atoms with Crippen LogP contribution in [0.3, 0.4) is 0 Å². The molecule has 3 unspecified atom stereocenters. The average molecular weight is 826 g/mol. The first-order valence-electron chi connectivity index (χ1n) is 21.9. The molecule has 0 spiro atoms. The van der Waals surface area contributed by atoms with Crippen LogP contribution in [0.1, 0.15) is 129 Å². The zero-order valence-electron chi connectivity index (χ0n) is 37.0. The highest BCUT2D eigenvalue weighted by molar-refractivity contribution is 7.47. The Labute approximate surface area is 354 Å². The first-order valence-corrected chi connectivity index (χ1v) is 23.4. The van der Waals surface area contributed by atoms with E-state index in [0.717, 1.165) is 109 Å². The number of quaternary nitrogens is 1. The van der Waals surface area contributed by atoms with Crippen molar-refractivity contribution in [1.82, 2.24) is 5.32 Å². The van der Waals surface area contributed by atoms with E-state index in [1.165, 1.54) is 0 Å². The van der Waals surface area contributed by atoms with Crippen LogP contribution in [0.2, 0.25) is 0 Å². The van der Waals surface area contributed by atoms with Crippen LogP contribution < -0.4 is 5.32 Å². The second-order valence-electron chi connectivity index (χ2n) is 15.3. The van der Waals surface area contributed by atoms with Crippen molar-refractivity contribution >= 4 is 13.7 Å². The Bertz CT molecular complexity index is 1350. The van der Waals surface area contributed by atoms with Gasteiger partial charge in [-0.3, -0.25) is 13.8 Å². The minimum Gasteiger partial charge on any atom is -0.387 e. The van der Waals surface area contributed by atoms with Crippen molar-refractivity contribution < 1.29 is 32.9 Å². The van der Waals surface area contributed by atoms with Crippen LogP contribution in [0.25, 0.3) is 0 Å². The van der Waals surface area contributed by atoms with Gasteiger partial charge < -0.3 is 19.8 Å². The van der Waals surface area contributed by atoms with Gasteiger partial charge in [-0.1, -0.05) is 155 Å². The van der Waals surface area contributed by atoms with Crippen LogP contribution in [-0.2, 0) is 18.4 Å². The van der Waals surface area contributed by atoms with Crippen molar-refractivity contribution in [2.45, 2.75) is 142 Å². The molecule has 0 aromatic carbocycles. The van der Waals surface area contributed by atoms with Gasteiger partial charge in [0, 0.05) is 6.42 Å². The number of carbonyl (C=O) groups is 1. The summed E-state index contributed by atoms with van der Waals surface area (Å²) >= 11 is 0. The molecule has 1 amide bonds. The normalized spacial score (nSPS) is 15.5. The Morgan fingerprint density at radius 1 is 0.603 bits per heavy atom. The topological polar surface area (TPSA) is 105 Å². The summed E-state index contributed by atoms with van der Waals surface area (Å²) in [5.74, 6) is -0.224. The molecule has 58 heavy (non-hydrogen) atoms. The maximum absolute atomic E-state index is 12.8. The highest BCUT2D eigenvalue weighted by atomic mass is 31.2. The fourth-order valence-electron chi connectivity index (χ4n) is 5.19.